The number of benzene rings is 4. The van der Waals surface area contributed by atoms with E-state index in [2.05, 4.69) is 69.1 Å². The minimum Gasteiger partial charge on any atom is -0.346 e. The molecule has 0 saturated heterocycles. The molecule has 37 heavy (non-hydrogen) atoms. The Labute approximate surface area is 228 Å². The van der Waals surface area contributed by atoms with Crippen molar-refractivity contribution >= 4 is 59.0 Å². The van der Waals surface area contributed by atoms with Crippen LogP contribution in [0.25, 0.3) is 0 Å². The van der Waals surface area contributed by atoms with E-state index in [-0.39, 0.29) is 0 Å². The van der Waals surface area contributed by atoms with Crippen molar-refractivity contribution in [1.29, 1.82) is 0 Å². The summed E-state index contributed by atoms with van der Waals surface area (Å²) in [6.45, 7) is 0. The maximum atomic E-state index is 4.43. The Kier molecular flexibility index (Phi) is 11.2. The van der Waals surface area contributed by atoms with Gasteiger partial charge in [-0.05, 0) is 85.0 Å². The molecular weight excluding hydrogens is 493 g/mol. The van der Waals surface area contributed by atoms with Gasteiger partial charge in [0.25, 0.3) is 0 Å². The van der Waals surface area contributed by atoms with Gasteiger partial charge >= 0.3 is 0 Å². The minimum atomic E-state index is 0.941. The van der Waals surface area contributed by atoms with Crippen LogP contribution in [0.5, 0.6) is 0 Å². The van der Waals surface area contributed by atoms with Gasteiger partial charge in [-0.1, -0.05) is 55.0 Å². The number of unbranched alkanes of at least 4 members (excludes halogenated alkanes) is 2. The highest BCUT2D eigenvalue weighted by Crippen LogP contribution is 2.25. The molecule has 0 amide bonds. The van der Waals surface area contributed by atoms with E-state index in [0.717, 1.165) is 34.3 Å². The molecule has 0 aliphatic carbocycles. The van der Waals surface area contributed by atoms with Crippen molar-refractivity contribution in [2.75, 3.05) is 22.1 Å². The molecule has 188 valence electrons. The molecule has 0 heterocycles. The molecule has 0 unspecified atom stereocenters. The van der Waals surface area contributed by atoms with E-state index in [1.807, 2.05) is 84.2 Å². The van der Waals surface area contributed by atoms with Gasteiger partial charge in [0, 0.05) is 21.2 Å². The average molecular weight is 525 g/mol. The van der Waals surface area contributed by atoms with Gasteiger partial charge in [-0.25, -0.2) is 9.98 Å². The first-order valence-electron chi connectivity index (χ1n) is 12.5. The molecule has 4 aromatic rings. The van der Waals surface area contributed by atoms with Crippen LogP contribution in [-0.4, -0.2) is 24.2 Å². The molecule has 4 rings (SSSR count). The molecule has 4 aromatic carbocycles. The predicted octanol–water partition coefficient (Wildman–Crippen LogP) is 9.29. The zero-order chi connectivity index (χ0) is 25.4. The van der Waals surface area contributed by atoms with Crippen molar-refractivity contribution in [2.24, 2.45) is 9.98 Å². The molecule has 0 aromatic heterocycles. The largest absolute Gasteiger partial charge is 0.346 e. The fourth-order valence-electron chi connectivity index (χ4n) is 3.50. The number of thioether (sulfide) groups is 2. The summed E-state index contributed by atoms with van der Waals surface area (Å²) in [5.74, 6) is 2.26. The quantitative estimate of drug-likeness (QED) is 0.0747. The number of hydrogen-bond acceptors (Lipinski definition) is 4. The fourth-order valence-corrected chi connectivity index (χ4v) is 5.44. The van der Waals surface area contributed by atoms with Crippen LogP contribution in [0.2, 0.25) is 0 Å². The lowest BCUT2D eigenvalue weighted by molar-refractivity contribution is 0.785. The Morgan fingerprint density at radius 3 is 1.43 bits per heavy atom. The third kappa shape index (κ3) is 10.2. The van der Waals surface area contributed by atoms with Crippen molar-refractivity contribution in [1.82, 2.24) is 0 Å². The van der Waals surface area contributed by atoms with E-state index in [9.17, 15) is 0 Å². The first kappa shape index (κ1) is 26.6. The smallest absolute Gasteiger partial charge is 0.0930 e. The van der Waals surface area contributed by atoms with Gasteiger partial charge in [-0.15, -0.1) is 23.5 Å². The Bertz CT molecular complexity index is 1160. The normalized spacial score (nSPS) is 11.2. The summed E-state index contributed by atoms with van der Waals surface area (Å²) in [5.41, 5.74) is 4.00. The second-order valence-corrected chi connectivity index (χ2v) is 10.6. The molecule has 0 fully saturated rings. The maximum Gasteiger partial charge on any atom is 0.0930 e. The van der Waals surface area contributed by atoms with Crippen molar-refractivity contribution < 1.29 is 0 Å². The maximum absolute atomic E-state index is 4.43. The second kappa shape index (κ2) is 15.6. The van der Waals surface area contributed by atoms with Crippen molar-refractivity contribution in [3.63, 3.8) is 0 Å². The summed E-state index contributed by atoms with van der Waals surface area (Å²) in [6, 6.07) is 36.9. The van der Waals surface area contributed by atoms with Crippen molar-refractivity contribution in [3.8, 4) is 0 Å². The van der Waals surface area contributed by atoms with Gasteiger partial charge in [-0.3, -0.25) is 0 Å². The summed E-state index contributed by atoms with van der Waals surface area (Å²) in [4.78, 5) is 11.4. The Balaban J connectivity index is 1.10. The molecule has 0 radical (unpaired) electrons. The number of hydrogen-bond donors (Lipinski definition) is 2. The zero-order valence-corrected chi connectivity index (χ0v) is 22.4. The van der Waals surface area contributed by atoms with Gasteiger partial charge in [0.15, 0.2) is 0 Å². The van der Waals surface area contributed by atoms with Crippen LogP contribution in [0, 0.1) is 0 Å². The molecule has 0 saturated carbocycles. The lowest BCUT2D eigenvalue weighted by atomic mass is 10.3. The molecule has 0 aliphatic heterocycles. The van der Waals surface area contributed by atoms with Crippen molar-refractivity contribution in [2.45, 2.75) is 29.1 Å². The first-order chi connectivity index (χ1) is 18.3. The van der Waals surface area contributed by atoms with E-state index in [1.165, 1.54) is 29.1 Å². The molecule has 0 aliphatic rings. The molecule has 0 atom stereocenters. The predicted molar refractivity (Wildman–Crippen MR) is 165 cm³/mol. The number of nitrogens with zero attached hydrogens (tertiary/aromatic N) is 2. The first-order valence-corrected chi connectivity index (χ1v) is 14.5. The highest BCUT2D eigenvalue weighted by atomic mass is 32.2. The van der Waals surface area contributed by atoms with Crippen LogP contribution in [0.1, 0.15) is 19.3 Å². The third-order valence-corrected chi connectivity index (χ3v) is 7.56. The van der Waals surface area contributed by atoms with E-state index >= 15 is 0 Å². The molecule has 6 heteroatoms. The third-order valence-electron chi connectivity index (χ3n) is 5.40. The highest BCUT2D eigenvalue weighted by molar-refractivity contribution is 7.99. The van der Waals surface area contributed by atoms with Crippen LogP contribution in [0.3, 0.4) is 0 Å². The van der Waals surface area contributed by atoms with Crippen LogP contribution < -0.4 is 10.6 Å². The summed E-state index contributed by atoms with van der Waals surface area (Å²) < 4.78 is 0. The fraction of sp³-hybridized carbons (Fsp3) is 0.161. The molecule has 0 spiro atoms. The second-order valence-electron chi connectivity index (χ2n) is 8.29. The molecular formula is C31H32N4S2. The molecule has 4 nitrogen and oxygen atoms in total. The van der Waals surface area contributed by atoms with Gasteiger partial charge in [0.1, 0.15) is 0 Å². The van der Waals surface area contributed by atoms with Crippen LogP contribution in [0.4, 0.5) is 22.7 Å². The summed E-state index contributed by atoms with van der Waals surface area (Å²) in [5, 5.41) is 6.54. The van der Waals surface area contributed by atoms with E-state index < -0.39 is 0 Å². The highest BCUT2D eigenvalue weighted by Gasteiger charge is 1.99. The topological polar surface area (TPSA) is 48.8 Å². The lowest BCUT2D eigenvalue weighted by Crippen LogP contribution is -1.94. The van der Waals surface area contributed by atoms with Crippen LogP contribution >= 0.6 is 23.5 Å². The van der Waals surface area contributed by atoms with Gasteiger partial charge in [0.05, 0.1) is 24.1 Å². The standard InChI is InChI=1S/C31H32N4S2/c1-4-12-26(13-5-1)32-24-34-28-16-10-18-30(22-28)36-20-8-3-9-21-37-31-19-11-17-29(23-31)35-25-33-27-14-6-2-7-15-27/h1-2,4-7,10-19,22-25H,3,8-9,20-21H2,(H,32,34)(H,33,35). The molecule has 2 N–H and O–H groups in total. The number of aliphatic imine (C=N–C) groups is 2. The van der Waals surface area contributed by atoms with Gasteiger partial charge < -0.3 is 10.6 Å². The summed E-state index contributed by atoms with van der Waals surface area (Å²) in [6.07, 6.45) is 7.18. The lowest BCUT2D eigenvalue weighted by Gasteiger charge is -2.06. The number of anilines is 2. The zero-order valence-electron chi connectivity index (χ0n) is 20.8. The monoisotopic (exact) mass is 524 g/mol. The number of rotatable bonds is 14. The SMILES string of the molecule is C(=Nc1ccccc1)Nc1cccc(SCCCCCSc2cccc(NC=Nc3ccccc3)c2)c1. The van der Waals surface area contributed by atoms with E-state index in [1.54, 1.807) is 12.7 Å². The summed E-state index contributed by atoms with van der Waals surface area (Å²) >= 11 is 3.83. The van der Waals surface area contributed by atoms with Gasteiger partial charge in [0.2, 0.25) is 0 Å². The number of para-hydroxylation sites is 2. The van der Waals surface area contributed by atoms with E-state index in [0.29, 0.717) is 0 Å². The minimum absolute atomic E-state index is 0.941. The summed E-state index contributed by atoms with van der Waals surface area (Å²) in [7, 11) is 0. The number of nitrogens with one attached hydrogen (secondary N) is 2. The Morgan fingerprint density at radius 1 is 0.514 bits per heavy atom. The Hall–Kier alpha value is -3.48. The van der Waals surface area contributed by atoms with Crippen LogP contribution in [-0.2, 0) is 0 Å². The van der Waals surface area contributed by atoms with Crippen molar-refractivity contribution in [3.05, 3.63) is 109 Å². The average Bonchev–Trinajstić information content (AvgIpc) is 2.94. The van der Waals surface area contributed by atoms with Gasteiger partial charge in [-0.2, -0.15) is 0 Å². The van der Waals surface area contributed by atoms with E-state index in [4.69, 9.17) is 0 Å². The molecule has 0 bridgehead atoms. The Morgan fingerprint density at radius 2 is 0.973 bits per heavy atom. The van der Waals surface area contributed by atoms with Crippen LogP contribution in [0.15, 0.2) is 129 Å².